The number of nitro groups is 1. The van der Waals surface area contributed by atoms with Crippen LogP contribution >= 0.6 is 0 Å². The summed E-state index contributed by atoms with van der Waals surface area (Å²) < 4.78 is 11.4. The molecule has 1 heterocycles. The highest BCUT2D eigenvalue weighted by atomic mass is 16.6. The van der Waals surface area contributed by atoms with Gasteiger partial charge in [-0.25, -0.2) is 0 Å². The number of morpholine rings is 1. The summed E-state index contributed by atoms with van der Waals surface area (Å²) in [6.45, 7) is 5.86. The molecule has 0 saturated carbocycles. The van der Waals surface area contributed by atoms with E-state index in [1.54, 1.807) is 13.0 Å². The Balaban J connectivity index is 1.94. The molecule has 6 heteroatoms. The molecule has 1 aliphatic heterocycles. The number of rotatable bonds is 4. The number of hydrogen-bond acceptors (Lipinski definition) is 5. The lowest BCUT2D eigenvalue weighted by molar-refractivity contribution is -0.384. The predicted molar refractivity (Wildman–Crippen MR) is 70.5 cm³/mol. The minimum absolute atomic E-state index is 0.0124. The highest BCUT2D eigenvalue weighted by Crippen LogP contribution is 2.23. The molecule has 1 aliphatic rings. The molecule has 0 bridgehead atoms. The van der Waals surface area contributed by atoms with Gasteiger partial charge in [-0.15, -0.1) is 0 Å². The van der Waals surface area contributed by atoms with Gasteiger partial charge in [0.1, 0.15) is 18.5 Å². The Morgan fingerprint density at radius 3 is 2.95 bits per heavy atom. The SMILES string of the molecule is Cc1cc([N+](=O)[O-])ccc1OCC1CNCC(C)O1. The van der Waals surface area contributed by atoms with E-state index in [1.165, 1.54) is 12.1 Å². The molecule has 0 radical (unpaired) electrons. The number of nitro benzene ring substituents is 1. The first-order chi connectivity index (χ1) is 9.06. The van der Waals surface area contributed by atoms with Crippen LogP contribution in [0.25, 0.3) is 0 Å². The van der Waals surface area contributed by atoms with Gasteiger partial charge in [0.15, 0.2) is 0 Å². The standard InChI is InChI=1S/C13H18N2O4/c1-9-5-11(15(16)17)3-4-13(9)18-8-12-7-14-6-10(2)19-12/h3-5,10,12,14H,6-8H2,1-2H3. The highest BCUT2D eigenvalue weighted by Gasteiger charge is 2.19. The lowest BCUT2D eigenvalue weighted by atomic mass is 10.2. The number of benzene rings is 1. The molecule has 1 N–H and O–H groups in total. The Hall–Kier alpha value is -1.66. The summed E-state index contributed by atoms with van der Waals surface area (Å²) in [5, 5.41) is 13.9. The van der Waals surface area contributed by atoms with Crippen LogP contribution in [-0.4, -0.2) is 36.8 Å². The highest BCUT2D eigenvalue weighted by molar-refractivity contribution is 5.42. The maximum absolute atomic E-state index is 10.6. The Morgan fingerprint density at radius 1 is 1.53 bits per heavy atom. The van der Waals surface area contributed by atoms with Gasteiger partial charge in [-0.05, 0) is 25.5 Å². The molecular weight excluding hydrogens is 248 g/mol. The van der Waals surface area contributed by atoms with Gasteiger partial charge in [0.2, 0.25) is 0 Å². The summed E-state index contributed by atoms with van der Waals surface area (Å²) in [7, 11) is 0. The van der Waals surface area contributed by atoms with E-state index in [0.717, 1.165) is 18.7 Å². The summed E-state index contributed by atoms with van der Waals surface area (Å²) in [5.74, 6) is 0.660. The smallest absolute Gasteiger partial charge is 0.269 e. The molecule has 6 nitrogen and oxygen atoms in total. The van der Waals surface area contributed by atoms with Crippen molar-refractivity contribution in [2.75, 3.05) is 19.7 Å². The first-order valence-electron chi connectivity index (χ1n) is 6.30. The second kappa shape index (κ2) is 5.99. The van der Waals surface area contributed by atoms with Crippen LogP contribution in [0.15, 0.2) is 18.2 Å². The minimum Gasteiger partial charge on any atom is -0.491 e. The van der Waals surface area contributed by atoms with Crippen molar-refractivity contribution in [1.82, 2.24) is 5.32 Å². The van der Waals surface area contributed by atoms with E-state index in [0.29, 0.717) is 12.4 Å². The fourth-order valence-electron chi connectivity index (χ4n) is 2.06. The minimum atomic E-state index is -0.410. The van der Waals surface area contributed by atoms with Crippen LogP contribution in [0.2, 0.25) is 0 Å². The van der Waals surface area contributed by atoms with Crippen molar-refractivity contribution in [3.05, 3.63) is 33.9 Å². The fraction of sp³-hybridized carbons (Fsp3) is 0.538. The fourth-order valence-corrected chi connectivity index (χ4v) is 2.06. The van der Waals surface area contributed by atoms with Crippen molar-refractivity contribution in [3.8, 4) is 5.75 Å². The first kappa shape index (κ1) is 13.8. The van der Waals surface area contributed by atoms with Crippen molar-refractivity contribution in [2.24, 2.45) is 0 Å². The zero-order valence-corrected chi connectivity index (χ0v) is 11.1. The van der Waals surface area contributed by atoms with Crippen molar-refractivity contribution in [3.63, 3.8) is 0 Å². The van der Waals surface area contributed by atoms with Crippen LogP contribution < -0.4 is 10.1 Å². The molecule has 104 valence electrons. The van der Waals surface area contributed by atoms with Crippen LogP contribution in [0.1, 0.15) is 12.5 Å². The van der Waals surface area contributed by atoms with Crippen molar-refractivity contribution in [1.29, 1.82) is 0 Å². The Kier molecular flexibility index (Phi) is 4.34. The van der Waals surface area contributed by atoms with E-state index in [9.17, 15) is 10.1 Å². The summed E-state index contributed by atoms with van der Waals surface area (Å²) >= 11 is 0. The maximum Gasteiger partial charge on any atom is 0.269 e. The average Bonchev–Trinajstić information content (AvgIpc) is 2.37. The zero-order chi connectivity index (χ0) is 13.8. The predicted octanol–water partition coefficient (Wildman–Crippen LogP) is 1.66. The number of aryl methyl sites for hydroxylation is 1. The summed E-state index contributed by atoms with van der Waals surface area (Å²) in [4.78, 5) is 10.2. The normalized spacial score (nSPS) is 23.1. The van der Waals surface area contributed by atoms with Gasteiger partial charge in [-0.3, -0.25) is 10.1 Å². The lowest BCUT2D eigenvalue weighted by Crippen LogP contribution is -2.45. The molecule has 0 aliphatic carbocycles. The van der Waals surface area contributed by atoms with Gasteiger partial charge in [-0.2, -0.15) is 0 Å². The van der Waals surface area contributed by atoms with Gasteiger partial charge in [0, 0.05) is 25.2 Å². The number of ether oxygens (including phenoxy) is 2. The van der Waals surface area contributed by atoms with Crippen LogP contribution in [-0.2, 0) is 4.74 Å². The molecule has 0 spiro atoms. The Bertz CT molecular complexity index is 464. The molecule has 2 rings (SSSR count). The molecule has 2 atom stereocenters. The van der Waals surface area contributed by atoms with Crippen LogP contribution in [0.3, 0.4) is 0 Å². The number of nitrogens with one attached hydrogen (secondary N) is 1. The van der Waals surface area contributed by atoms with Crippen LogP contribution in [0, 0.1) is 17.0 Å². The van der Waals surface area contributed by atoms with E-state index in [-0.39, 0.29) is 17.9 Å². The molecule has 1 aromatic carbocycles. The van der Waals surface area contributed by atoms with E-state index < -0.39 is 4.92 Å². The van der Waals surface area contributed by atoms with E-state index in [4.69, 9.17) is 9.47 Å². The number of nitrogens with zero attached hydrogens (tertiary/aromatic N) is 1. The summed E-state index contributed by atoms with van der Waals surface area (Å²) in [6.07, 6.45) is 0.193. The average molecular weight is 266 g/mol. The van der Waals surface area contributed by atoms with Gasteiger partial charge < -0.3 is 14.8 Å². The van der Waals surface area contributed by atoms with E-state index in [1.807, 2.05) is 6.92 Å². The van der Waals surface area contributed by atoms with E-state index in [2.05, 4.69) is 5.32 Å². The van der Waals surface area contributed by atoms with Crippen molar-refractivity contribution < 1.29 is 14.4 Å². The summed E-state index contributed by atoms with van der Waals surface area (Å²) in [5.41, 5.74) is 0.833. The maximum atomic E-state index is 10.6. The third kappa shape index (κ3) is 3.65. The van der Waals surface area contributed by atoms with Crippen LogP contribution in [0.5, 0.6) is 5.75 Å². The Labute approximate surface area is 111 Å². The Morgan fingerprint density at radius 2 is 2.32 bits per heavy atom. The molecule has 0 aromatic heterocycles. The number of non-ortho nitro benzene ring substituents is 1. The van der Waals surface area contributed by atoms with Crippen molar-refractivity contribution in [2.45, 2.75) is 26.1 Å². The molecule has 1 fully saturated rings. The lowest BCUT2D eigenvalue weighted by Gasteiger charge is -2.28. The molecule has 2 unspecified atom stereocenters. The topological polar surface area (TPSA) is 73.6 Å². The van der Waals surface area contributed by atoms with Gasteiger partial charge in [0.25, 0.3) is 5.69 Å². The molecular formula is C13H18N2O4. The summed E-state index contributed by atoms with van der Waals surface area (Å²) in [6, 6.07) is 4.59. The first-order valence-corrected chi connectivity index (χ1v) is 6.30. The third-order valence-corrected chi connectivity index (χ3v) is 3.02. The molecule has 0 amide bonds. The molecule has 1 aromatic rings. The third-order valence-electron chi connectivity index (χ3n) is 3.02. The zero-order valence-electron chi connectivity index (χ0n) is 11.1. The monoisotopic (exact) mass is 266 g/mol. The van der Waals surface area contributed by atoms with Crippen LogP contribution in [0.4, 0.5) is 5.69 Å². The van der Waals surface area contributed by atoms with Gasteiger partial charge in [0.05, 0.1) is 11.0 Å². The van der Waals surface area contributed by atoms with Crippen molar-refractivity contribution >= 4 is 5.69 Å². The van der Waals surface area contributed by atoms with E-state index >= 15 is 0 Å². The molecule has 19 heavy (non-hydrogen) atoms. The quantitative estimate of drug-likeness (QED) is 0.662. The van der Waals surface area contributed by atoms with Gasteiger partial charge >= 0.3 is 0 Å². The largest absolute Gasteiger partial charge is 0.491 e. The second-order valence-electron chi connectivity index (χ2n) is 4.74. The second-order valence-corrected chi connectivity index (χ2v) is 4.74. The molecule has 1 saturated heterocycles. The number of hydrogen-bond donors (Lipinski definition) is 1. The van der Waals surface area contributed by atoms with Gasteiger partial charge in [-0.1, -0.05) is 0 Å².